The van der Waals surface area contributed by atoms with Crippen LogP contribution in [0.3, 0.4) is 0 Å². The number of fused-ring (bicyclic) bond motifs is 1. The summed E-state index contributed by atoms with van der Waals surface area (Å²) in [4.78, 5) is 2.41. The van der Waals surface area contributed by atoms with Crippen molar-refractivity contribution in [2.24, 2.45) is 0 Å². The van der Waals surface area contributed by atoms with Crippen LogP contribution in [0.25, 0.3) is 10.8 Å². The average Bonchev–Trinajstić information content (AvgIpc) is 2.67. The van der Waals surface area contributed by atoms with Gasteiger partial charge in [0, 0.05) is 18.8 Å². The van der Waals surface area contributed by atoms with Crippen molar-refractivity contribution in [1.29, 1.82) is 0 Å². The number of rotatable bonds is 6. The van der Waals surface area contributed by atoms with E-state index in [1.165, 1.54) is 41.4 Å². The fourth-order valence-corrected chi connectivity index (χ4v) is 3.47. The Morgan fingerprint density at radius 3 is 1.93 bits per heavy atom. The van der Waals surface area contributed by atoms with E-state index in [9.17, 15) is 8.42 Å². The summed E-state index contributed by atoms with van der Waals surface area (Å²) in [5.74, 6) is 0. The molecule has 3 rings (SSSR count). The molecule has 0 saturated heterocycles. The summed E-state index contributed by atoms with van der Waals surface area (Å²) >= 11 is 0. The standard InChI is InChI=1S/C16H21N.C7H8O3S/c1-3-11-17(12-4-2)16-10-9-14-7-5-6-8-15(14)13-16;1-6-2-4-7(5-3-6)11(8,9)10/h5-10,13H,3-4,11-12H2,1-2H3;2-5H,1H3,(H,8,9,10). The van der Waals surface area contributed by atoms with Crippen LogP contribution < -0.4 is 4.90 Å². The van der Waals surface area contributed by atoms with Crippen molar-refractivity contribution in [2.75, 3.05) is 18.0 Å². The first-order valence-corrected chi connectivity index (χ1v) is 11.1. The quantitative estimate of drug-likeness (QED) is 0.540. The van der Waals surface area contributed by atoms with E-state index in [1.807, 2.05) is 6.92 Å². The van der Waals surface area contributed by atoms with Gasteiger partial charge in [-0.3, -0.25) is 4.55 Å². The van der Waals surface area contributed by atoms with E-state index in [4.69, 9.17) is 4.55 Å². The zero-order valence-corrected chi connectivity index (χ0v) is 17.6. The van der Waals surface area contributed by atoms with Gasteiger partial charge in [-0.25, -0.2) is 0 Å². The van der Waals surface area contributed by atoms with Gasteiger partial charge in [0.15, 0.2) is 0 Å². The molecule has 3 aromatic rings. The van der Waals surface area contributed by atoms with E-state index in [2.05, 4.69) is 61.2 Å². The van der Waals surface area contributed by atoms with Crippen molar-refractivity contribution < 1.29 is 13.0 Å². The van der Waals surface area contributed by atoms with E-state index in [1.54, 1.807) is 12.1 Å². The van der Waals surface area contributed by atoms with Gasteiger partial charge in [-0.1, -0.05) is 61.9 Å². The first-order valence-electron chi connectivity index (χ1n) is 9.63. The predicted molar refractivity (Wildman–Crippen MR) is 118 cm³/mol. The van der Waals surface area contributed by atoms with Crippen LogP contribution in [-0.4, -0.2) is 26.1 Å². The molecule has 4 nitrogen and oxygen atoms in total. The zero-order valence-electron chi connectivity index (χ0n) is 16.8. The van der Waals surface area contributed by atoms with Crippen LogP contribution in [0, 0.1) is 6.92 Å². The van der Waals surface area contributed by atoms with E-state index in [0.29, 0.717) is 0 Å². The Morgan fingerprint density at radius 2 is 1.39 bits per heavy atom. The Kier molecular flexibility index (Phi) is 8.03. The molecule has 150 valence electrons. The molecule has 0 bridgehead atoms. The van der Waals surface area contributed by atoms with Crippen molar-refractivity contribution >= 4 is 26.6 Å². The smallest absolute Gasteiger partial charge is 0.294 e. The molecule has 28 heavy (non-hydrogen) atoms. The van der Waals surface area contributed by atoms with E-state index in [0.717, 1.165) is 18.7 Å². The zero-order chi connectivity index (χ0) is 20.6. The Balaban J connectivity index is 0.000000221. The molecule has 0 fully saturated rings. The molecule has 0 atom stereocenters. The number of hydrogen-bond donors (Lipinski definition) is 1. The Labute approximate surface area is 168 Å². The summed E-state index contributed by atoms with van der Waals surface area (Å²) in [6.07, 6.45) is 2.40. The lowest BCUT2D eigenvalue weighted by atomic mass is 10.1. The van der Waals surface area contributed by atoms with Crippen LogP contribution in [0.2, 0.25) is 0 Å². The SMILES string of the molecule is CCCN(CCC)c1ccc2ccccc2c1.Cc1ccc(S(=O)(=O)O)cc1. The molecular formula is C23H29NO3S. The van der Waals surface area contributed by atoms with E-state index in [-0.39, 0.29) is 4.90 Å². The van der Waals surface area contributed by atoms with Crippen molar-refractivity contribution in [2.45, 2.75) is 38.5 Å². The van der Waals surface area contributed by atoms with Gasteiger partial charge >= 0.3 is 0 Å². The minimum absolute atomic E-state index is 0.0666. The first kappa shape index (κ1) is 21.9. The minimum atomic E-state index is -4.02. The van der Waals surface area contributed by atoms with Crippen LogP contribution in [0.15, 0.2) is 71.6 Å². The first-order chi connectivity index (χ1) is 13.3. The number of anilines is 1. The molecular weight excluding hydrogens is 370 g/mol. The van der Waals surface area contributed by atoms with Gasteiger partial charge in [-0.15, -0.1) is 0 Å². The lowest BCUT2D eigenvalue weighted by Crippen LogP contribution is -2.24. The van der Waals surface area contributed by atoms with Gasteiger partial charge in [0.05, 0.1) is 4.90 Å². The second-order valence-electron chi connectivity index (χ2n) is 6.81. The summed E-state index contributed by atoms with van der Waals surface area (Å²) in [5, 5.41) is 2.66. The number of benzene rings is 3. The second kappa shape index (κ2) is 10.2. The van der Waals surface area contributed by atoms with E-state index < -0.39 is 10.1 Å². The third-order valence-electron chi connectivity index (χ3n) is 4.40. The lowest BCUT2D eigenvalue weighted by molar-refractivity contribution is 0.483. The summed E-state index contributed by atoms with van der Waals surface area (Å²) in [7, 11) is -4.02. The van der Waals surface area contributed by atoms with E-state index >= 15 is 0 Å². The molecule has 0 amide bonds. The van der Waals surface area contributed by atoms with Crippen LogP contribution in [-0.2, 0) is 10.1 Å². The van der Waals surface area contributed by atoms with Crippen molar-refractivity contribution in [3.63, 3.8) is 0 Å². The molecule has 0 aromatic heterocycles. The maximum absolute atomic E-state index is 10.5. The van der Waals surface area contributed by atoms with Crippen molar-refractivity contribution in [1.82, 2.24) is 0 Å². The maximum Gasteiger partial charge on any atom is 0.294 e. The molecule has 0 saturated carbocycles. The van der Waals surface area contributed by atoms with Gasteiger partial charge < -0.3 is 4.90 Å². The molecule has 3 aromatic carbocycles. The number of aryl methyl sites for hydroxylation is 1. The molecule has 1 N–H and O–H groups in total. The summed E-state index contributed by atoms with van der Waals surface area (Å²) < 4.78 is 29.6. The fourth-order valence-electron chi connectivity index (χ4n) is 2.99. The third kappa shape index (κ3) is 6.36. The maximum atomic E-state index is 10.5. The fraction of sp³-hybridized carbons (Fsp3) is 0.304. The summed E-state index contributed by atoms with van der Waals surface area (Å²) in [6, 6.07) is 21.3. The lowest BCUT2D eigenvalue weighted by Gasteiger charge is -2.24. The van der Waals surface area contributed by atoms with Crippen LogP contribution in [0.4, 0.5) is 5.69 Å². The second-order valence-corrected chi connectivity index (χ2v) is 8.23. The van der Waals surface area contributed by atoms with Gasteiger partial charge in [-0.2, -0.15) is 8.42 Å². The molecule has 5 heteroatoms. The molecule has 0 heterocycles. The highest BCUT2D eigenvalue weighted by Gasteiger charge is 2.07. The molecule has 0 aliphatic rings. The number of hydrogen-bond acceptors (Lipinski definition) is 3. The largest absolute Gasteiger partial charge is 0.372 e. The predicted octanol–water partition coefficient (Wildman–Crippen LogP) is 5.71. The molecule has 0 unspecified atom stereocenters. The van der Waals surface area contributed by atoms with Crippen LogP contribution in [0.5, 0.6) is 0 Å². The minimum Gasteiger partial charge on any atom is -0.372 e. The normalized spacial score (nSPS) is 11.0. The molecule has 0 spiro atoms. The van der Waals surface area contributed by atoms with Gasteiger partial charge in [0.25, 0.3) is 10.1 Å². The third-order valence-corrected chi connectivity index (χ3v) is 5.27. The Bertz CT molecular complexity index is 976. The molecule has 0 aliphatic carbocycles. The summed E-state index contributed by atoms with van der Waals surface area (Å²) in [6.45, 7) is 8.61. The van der Waals surface area contributed by atoms with Gasteiger partial charge in [-0.05, 0) is 54.8 Å². The van der Waals surface area contributed by atoms with Gasteiger partial charge in [0.1, 0.15) is 0 Å². The highest BCUT2D eigenvalue weighted by molar-refractivity contribution is 7.85. The average molecular weight is 400 g/mol. The topological polar surface area (TPSA) is 57.6 Å². The highest BCUT2D eigenvalue weighted by atomic mass is 32.2. The Morgan fingerprint density at radius 1 is 0.821 bits per heavy atom. The van der Waals surface area contributed by atoms with Crippen molar-refractivity contribution in [3.8, 4) is 0 Å². The van der Waals surface area contributed by atoms with Gasteiger partial charge in [0.2, 0.25) is 0 Å². The Hall–Kier alpha value is -2.37. The monoisotopic (exact) mass is 399 g/mol. The van der Waals surface area contributed by atoms with Crippen LogP contribution in [0.1, 0.15) is 32.3 Å². The van der Waals surface area contributed by atoms with Crippen molar-refractivity contribution in [3.05, 3.63) is 72.3 Å². The van der Waals surface area contributed by atoms with Crippen LogP contribution >= 0.6 is 0 Å². The molecule has 0 radical (unpaired) electrons. The summed E-state index contributed by atoms with van der Waals surface area (Å²) in [5.41, 5.74) is 2.31. The highest BCUT2D eigenvalue weighted by Crippen LogP contribution is 2.22. The number of nitrogens with zero attached hydrogens (tertiary/aromatic N) is 1. The molecule has 0 aliphatic heterocycles.